The first-order valence-corrected chi connectivity index (χ1v) is 10.3. The number of benzene rings is 1. The Morgan fingerprint density at radius 1 is 1.12 bits per heavy atom. The molecule has 0 spiro atoms. The Bertz CT molecular complexity index is 843. The fraction of sp³-hybridized carbons (Fsp3) is 0.316. The van der Waals surface area contributed by atoms with Crippen LogP contribution >= 0.6 is 23.1 Å². The van der Waals surface area contributed by atoms with Gasteiger partial charge >= 0.3 is 0 Å². The van der Waals surface area contributed by atoms with Gasteiger partial charge in [0, 0.05) is 23.4 Å². The fourth-order valence-electron chi connectivity index (χ4n) is 3.10. The maximum absolute atomic E-state index is 12.2. The average molecular weight is 370 g/mol. The molecule has 6 heteroatoms. The third kappa shape index (κ3) is 3.70. The summed E-state index contributed by atoms with van der Waals surface area (Å²) in [5.74, 6) is 1.26. The number of hydrogen-bond acceptors (Lipinski definition) is 5. The average Bonchev–Trinajstić information content (AvgIpc) is 3.28. The van der Waals surface area contributed by atoms with Crippen LogP contribution in [0.3, 0.4) is 0 Å². The molecule has 0 bridgehead atoms. The molecule has 4 rings (SSSR count). The van der Waals surface area contributed by atoms with E-state index in [1.165, 1.54) is 4.88 Å². The smallest absolute Gasteiger partial charge is 0.196 e. The zero-order valence-corrected chi connectivity index (χ0v) is 15.4. The number of nitrogens with zero attached hydrogens (tertiary/aromatic N) is 3. The van der Waals surface area contributed by atoms with Crippen molar-refractivity contribution in [2.24, 2.45) is 0 Å². The third-order valence-electron chi connectivity index (χ3n) is 4.37. The van der Waals surface area contributed by atoms with Gasteiger partial charge in [-0.15, -0.1) is 21.5 Å². The second-order valence-electron chi connectivity index (χ2n) is 6.14. The molecule has 3 aromatic rings. The van der Waals surface area contributed by atoms with Gasteiger partial charge in [0.15, 0.2) is 5.16 Å². The topological polar surface area (TPSA) is 47.8 Å². The highest BCUT2D eigenvalue weighted by molar-refractivity contribution is 8.00. The molecule has 0 N–H and O–H groups in total. The van der Waals surface area contributed by atoms with Crippen LogP contribution in [0.4, 0.5) is 0 Å². The Hall–Kier alpha value is -1.92. The summed E-state index contributed by atoms with van der Waals surface area (Å²) in [6.45, 7) is 0. The predicted molar refractivity (Wildman–Crippen MR) is 102 cm³/mol. The van der Waals surface area contributed by atoms with Gasteiger partial charge in [-0.25, -0.2) is 0 Å². The molecule has 128 valence electrons. The van der Waals surface area contributed by atoms with Gasteiger partial charge in [0.1, 0.15) is 11.6 Å². The first-order chi connectivity index (χ1) is 12.3. The van der Waals surface area contributed by atoms with Crippen molar-refractivity contribution < 1.29 is 4.79 Å². The Kier molecular flexibility index (Phi) is 4.99. The minimum atomic E-state index is 0.00926. The highest BCUT2D eigenvalue weighted by Gasteiger charge is 2.26. The molecule has 25 heavy (non-hydrogen) atoms. The van der Waals surface area contributed by atoms with Crippen LogP contribution in [-0.2, 0) is 11.2 Å². The summed E-state index contributed by atoms with van der Waals surface area (Å²) in [6, 6.07) is 14.3. The second-order valence-corrected chi connectivity index (χ2v) is 8.35. The molecule has 4 nitrogen and oxygen atoms in total. The van der Waals surface area contributed by atoms with E-state index in [-0.39, 0.29) is 5.25 Å². The Labute approximate surface area is 155 Å². The van der Waals surface area contributed by atoms with E-state index in [2.05, 4.69) is 44.4 Å². The first-order valence-electron chi connectivity index (χ1n) is 8.53. The lowest BCUT2D eigenvalue weighted by Crippen LogP contribution is -2.21. The highest BCUT2D eigenvalue weighted by atomic mass is 32.2. The number of rotatable bonds is 5. The van der Waals surface area contributed by atoms with Crippen molar-refractivity contribution in [1.29, 1.82) is 0 Å². The molecular weight excluding hydrogens is 350 g/mol. The molecule has 0 amide bonds. The maximum atomic E-state index is 12.2. The van der Waals surface area contributed by atoms with Crippen molar-refractivity contribution in [1.82, 2.24) is 14.8 Å². The van der Waals surface area contributed by atoms with E-state index in [0.717, 1.165) is 42.4 Å². The van der Waals surface area contributed by atoms with E-state index in [0.29, 0.717) is 12.2 Å². The lowest BCUT2D eigenvalue weighted by molar-refractivity contribution is -0.119. The number of carbonyl (C=O) groups excluding carboxylic acids is 1. The van der Waals surface area contributed by atoms with Crippen LogP contribution in [0.1, 0.15) is 36.4 Å². The third-order valence-corrected chi connectivity index (χ3v) is 6.51. The van der Waals surface area contributed by atoms with Crippen LogP contribution in [0, 0.1) is 0 Å². The maximum Gasteiger partial charge on any atom is 0.196 e. The standard InChI is InChI=1S/C19H19N3OS2/c23-16-10-4-5-11-17(16)25-19-21-20-18(13-15-9-6-12-24-15)22(19)14-7-2-1-3-8-14/h1-3,6-9,12,17H,4-5,10-11,13H2/t17-/m1/s1. The van der Waals surface area contributed by atoms with Crippen LogP contribution < -0.4 is 0 Å². The number of para-hydroxylation sites is 1. The molecule has 1 aromatic carbocycles. The van der Waals surface area contributed by atoms with Gasteiger partial charge in [-0.1, -0.05) is 42.4 Å². The van der Waals surface area contributed by atoms with Gasteiger partial charge in [0.2, 0.25) is 0 Å². The molecule has 1 saturated carbocycles. The van der Waals surface area contributed by atoms with E-state index in [1.54, 1.807) is 23.1 Å². The van der Waals surface area contributed by atoms with E-state index < -0.39 is 0 Å². The Morgan fingerprint density at radius 3 is 2.76 bits per heavy atom. The van der Waals surface area contributed by atoms with Gasteiger partial charge in [0.25, 0.3) is 0 Å². The summed E-state index contributed by atoms with van der Waals surface area (Å²) < 4.78 is 2.10. The van der Waals surface area contributed by atoms with Gasteiger partial charge in [-0.2, -0.15) is 0 Å². The largest absolute Gasteiger partial charge is 0.298 e. The van der Waals surface area contributed by atoms with Crippen LogP contribution in [0.15, 0.2) is 53.0 Å². The summed E-state index contributed by atoms with van der Waals surface area (Å²) in [5, 5.41) is 11.8. The Balaban J connectivity index is 1.68. The molecule has 0 saturated heterocycles. The summed E-state index contributed by atoms with van der Waals surface area (Å²) >= 11 is 3.30. The Morgan fingerprint density at radius 2 is 2.00 bits per heavy atom. The molecule has 0 unspecified atom stereocenters. The second kappa shape index (κ2) is 7.54. The number of hydrogen-bond donors (Lipinski definition) is 0. The number of aromatic nitrogens is 3. The van der Waals surface area contributed by atoms with Gasteiger partial charge in [-0.3, -0.25) is 9.36 Å². The van der Waals surface area contributed by atoms with E-state index in [9.17, 15) is 4.79 Å². The predicted octanol–water partition coefficient (Wildman–Crippen LogP) is 4.52. The van der Waals surface area contributed by atoms with Crippen molar-refractivity contribution in [2.45, 2.75) is 42.5 Å². The van der Waals surface area contributed by atoms with Crippen LogP contribution in [0.25, 0.3) is 5.69 Å². The number of Topliss-reactive ketones (excluding diaryl/α,β-unsaturated/α-hetero) is 1. The molecule has 1 atom stereocenters. The first kappa shape index (κ1) is 16.5. The molecule has 0 radical (unpaired) electrons. The SMILES string of the molecule is O=C1CCCC[C@H]1Sc1nnc(Cc2cccs2)n1-c1ccccc1. The van der Waals surface area contributed by atoms with Gasteiger partial charge in [-0.05, 0) is 36.4 Å². The van der Waals surface area contributed by atoms with Crippen molar-refractivity contribution in [3.63, 3.8) is 0 Å². The molecule has 1 aliphatic carbocycles. The molecule has 1 fully saturated rings. The summed E-state index contributed by atoms with van der Waals surface area (Å²) in [4.78, 5) is 13.5. The number of carbonyl (C=O) groups is 1. The van der Waals surface area contributed by atoms with Gasteiger partial charge < -0.3 is 0 Å². The fourth-order valence-corrected chi connectivity index (χ4v) is 4.99. The zero-order valence-electron chi connectivity index (χ0n) is 13.8. The van der Waals surface area contributed by atoms with Crippen LogP contribution in [-0.4, -0.2) is 25.8 Å². The van der Waals surface area contributed by atoms with Crippen LogP contribution in [0.2, 0.25) is 0 Å². The van der Waals surface area contributed by atoms with Crippen molar-refractivity contribution in [3.8, 4) is 5.69 Å². The number of ketones is 1. The van der Waals surface area contributed by atoms with E-state index in [1.807, 2.05) is 18.2 Å². The normalized spacial score (nSPS) is 17.8. The molecule has 1 aliphatic rings. The lowest BCUT2D eigenvalue weighted by atomic mass is 9.99. The molecule has 2 aromatic heterocycles. The number of thioether (sulfide) groups is 1. The van der Waals surface area contributed by atoms with Crippen molar-refractivity contribution in [2.75, 3.05) is 0 Å². The van der Waals surface area contributed by atoms with Crippen LogP contribution in [0.5, 0.6) is 0 Å². The monoisotopic (exact) mass is 369 g/mol. The quantitative estimate of drug-likeness (QED) is 0.663. The summed E-state index contributed by atoms with van der Waals surface area (Å²) in [5.41, 5.74) is 1.05. The molecular formula is C19H19N3OS2. The van der Waals surface area contributed by atoms with Crippen molar-refractivity contribution in [3.05, 3.63) is 58.5 Å². The van der Waals surface area contributed by atoms with E-state index in [4.69, 9.17) is 0 Å². The minimum absolute atomic E-state index is 0.00926. The molecule has 0 aliphatic heterocycles. The molecule has 2 heterocycles. The zero-order chi connectivity index (χ0) is 17.1. The lowest BCUT2D eigenvalue weighted by Gasteiger charge is -2.19. The van der Waals surface area contributed by atoms with Gasteiger partial charge in [0.05, 0.1) is 5.25 Å². The highest BCUT2D eigenvalue weighted by Crippen LogP contribution is 2.33. The number of thiophene rings is 1. The van der Waals surface area contributed by atoms with Crippen molar-refractivity contribution >= 4 is 28.9 Å². The minimum Gasteiger partial charge on any atom is -0.298 e. The summed E-state index contributed by atoms with van der Waals surface area (Å²) in [6.07, 6.45) is 4.51. The summed E-state index contributed by atoms with van der Waals surface area (Å²) in [7, 11) is 0. The van der Waals surface area contributed by atoms with E-state index >= 15 is 0 Å².